The minimum absolute atomic E-state index is 0.0330. The fraction of sp³-hybridized carbons (Fsp3) is 0.250. The monoisotopic (exact) mass is 485 g/mol. The number of methoxy groups -OCH3 is 1. The van der Waals surface area contributed by atoms with Gasteiger partial charge in [-0.1, -0.05) is 24.0 Å². The Morgan fingerprint density at radius 2 is 1.92 bits per heavy atom. The average molecular weight is 486 g/mol. The molecular formula is C28H27N3O5. The number of amides is 2. The SMILES string of the molecule is COc1ccc(-c2ccnc(C(=O)NC3COc4ccc(C#CC(C)(C)O)cc4N(C)C3=O)c2)cc1. The second kappa shape index (κ2) is 10.1. The van der Waals surface area contributed by atoms with Gasteiger partial charge in [0, 0.05) is 18.8 Å². The van der Waals surface area contributed by atoms with E-state index in [0.29, 0.717) is 17.0 Å². The first-order valence-electron chi connectivity index (χ1n) is 11.4. The van der Waals surface area contributed by atoms with Gasteiger partial charge in [0.15, 0.2) is 0 Å². The molecule has 2 heterocycles. The molecule has 2 N–H and O–H groups in total. The summed E-state index contributed by atoms with van der Waals surface area (Å²) in [6.45, 7) is 3.16. The van der Waals surface area contributed by atoms with Crippen molar-refractivity contribution in [2.75, 3.05) is 25.7 Å². The lowest BCUT2D eigenvalue weighted by Crippen LogP contribution is -2.49. The summed E-state index contributed by atoms with van der Waals surface area (Å²) in [5, 5.41) is 12.6. The van der Waals surface area contributed by atoms with Crippen LogP contribution in [-0.2, 0) is 4.79 Å². The Morgan fingerprint density at radius 3 is 2.61 bits per heavy atom. The molecule has 1 aromatic heterocycles. The zero-order valence-corrected chi connectivity index (χ0v) is 20.5. The molecule has 36 heavy (non-hydrogen) atoms. The molecule has 4 rings (SSSR count). The number of ether oxygens (including phenoxy) is 2. The smallest absolute Gasteiger partial charge is 0.270 e. The Bertz CT molecular complexity index is 1350. The van der Waals surface area contributed by atoms with E-state index in [2.05, 4.69) is 22.1 Å². The molecule has 3 aromatic rings. The maximum atomic E-state index is 13.2. The first-order chi connectivity index (χ1) is 17.1. The van der Waals surface area contributed by atoms with Gasteiger partial charge in [0.2, 0.25) is 0 Å². The van der Waals surface area contributed by atoms with Gasteiger partial charge in [0.1, 0.15) is 35.4 Å². The molecule has 1 unspecified atom stereocenters. The molecule has 8 nitrogen and oxygen atoms in total. The van der Waals surface area contributed by atoms with Crippen molar-refractivity contribution in [3.63, 3.8) is 0 Å². The second-order valence-electron chi connectivity index (χ2n) is 8.88. The lowest BCUT2D eigenvalue weighted by molar-refractivity contribution is -0.120. The summed E-state index contributed by atoms with van der Waals surface area (Å²) in [5.74, 6) is 6.07. The van der Waals surface area contributed by atoms with Crippen molar-refractivity contribution in [1.29, 1.82) is 0 Å². The van der Waals surface area contributed by atoms with Crippen LogP contribution >= 0.6 is 0 Å². The lowest BCUT2D eigenvalue weighted by Gasteiger charge is -2.20. The number of aliphatic hydroxyl groups is 1. The van der Waals surface area contributed by atoms with Crippen molar-refractivity contribution in [3.8, 4) is 34.5 Å². The number of benzene rings is 2. The van der Waals surface area contributed by atoms with Gasteiger partial charge in [-0.2, -0.15) is 0 Å². The van der Waals surface area contributed by atoms with Gasteiger partial charge in [-0.25, -0.2) is 0 Å². The van der Waals surface area contributed by atoms with Crippen molar-refractivity contribution in [2.24, 2.45) is 0 Å². The molecule has 2 amide bonds. The van der Waals surface area contributed by atoms with Crippen LogP contribution in [0, 0.1) is 11.8 Å². The van der Waals surface area contributed by atoms with Crippen LogP contribution in [-0.4, -0.2) is 54.3 Å². The highest BCUT2D eigenvalue weighted by atomic mass is 16.5. The molecule has 1 atom stereocenters. The molecule has 0 fully saturated rings. The van der Waals surface area contributed by atoms with Crippen LogP contribution in [0.5, 0.6) is 11.5 Å². The molecule has 0 radical (unpaired) electrons. The minimum atomic E-state index is -1.14. The number of hydrogen-bond donors (Lipinski definition) is 2. The molecular weight excluding hydrogens is 458 g/mol. The summed E-state index contributed by atoms with van der Waals surface area (Å²) >= 11 is 0. The normalized spacial score (nSPS) is 15.1. The third-order valence-corrected chi connectivity index (χ3v) is 5.59. The molecule has 0 spiro atoms. The van der Waals surface area contributed by atoms with Crippen molar-refractivity contribution in [3.05, 3.63) is 72.1 Å². The molecule has 0 saturated carbocycles. The van der Waals surface area contributed by atoms with E-state index in [1.807, 2.05) is 24.3 Å². The molecule has 0 aliphatic carbocycles. The quantitative estimate of drug-likeness (QED) is 0.551. The average Bonchev–Trinajstić information content (AvgIpc) is 2.99. The Balaban J connectivity index is 1.51. The Kier molecular flexibility index (Phi) is 6.95. The van der Waals surface area contributed by atoms with Gasteiger partial charge < -0.3 is 24.8 Å². The zero-order valence-electron chi connectivity index (χ0n) is 20.5. The molecule has 0 bridgehead atoms. The number of carbonyl (C=O) groups excluding carboxylic acids is 2. The highest BCUT2D eigenvalue weighted by molar-refractivity contribution is 6.03. The van der Waals surface area contributed by atoms with Crippen LogP contribution in [0.1, 0.15) is 29.9 Å². The van der Waals surface area contributed by atoms with Crippen molar-refractivity contribution in [1.82, 2.24) is 10.3 Å². The van der Waals surface area contributed by atoms with E-state index in [0.717, 1.165) is 16.9 Å². The van der Waals surface area contributed by atoms with E-state index in [1.165, 1.54) is 4.90 Å². The van der Waals surface area contributed by atoms with Gasteiger partial charge in [-0.15, -0.1) is 0 Å². The highest BCUT2D eigenvalue weighted by Gasteiger charge is 2.31. The van der Waals surface area contributed by atoms with Gasteiger partial charge in [0.25, 0.3) is 11.8 Å². The summed E-state index contributed by atoms with van der Waals surface area (Å²) in [7, 11) is 3.22. The van der Waals surface area contributed by atoms with Gasteiger partial charge in [-0.05, 0) is 67.4 Å². The highest BCUT2D eigenvalue weighted by Crippen LogP contribution is 2.31. The number of nitrogens with zero attached hydrogens (tertiary/aromatic N) is 2. The molecule has 0 saturated heterocycles. The maximum absolute atomic E-state index is 13.2. The molecule has 184 valence electrons. The summed E-state index contributed by atoms with van der Waals surface area (Å²) < 4.78 is 11.0. The minimum Gasteiger partial charge on any atom is -0.497 e. The number of nitrogens with one attached hydrogen (secondary N) is 1. The molecule has 1 aliphatic rings. The number of aromatic nitrogens is 1. The summed E-state index contributed by atoms with van der Waals surface area (Å²) in [6.07, 6.45) is 1.55. The number of rotatable bonds is 4. The third kappa shape index (κ3) is 5.65. The number of hydrogen-bond acceptors (Lipinski definition) is 6. The number of fused-ring (bicyclic) bond motifs is 1. The van der Waals surface area contributed by atoms with Crippen LogP contribution < -0.4 is 19.7 Å². The Labute approximate surface area is 209 Å². The fourth-order valence-electron chi connectivity index (χ4n) is 3.65. The summed E-state index contributed by atoms with van der Waals surface area (Å²) in [4.78, 5) is 31.8. The number of carbonyl (C=O) groups is 2. The topological polar surface area (TPSA) is 101 Å². The van der Waals surface area contributed by atoms with Crippen LogP contribution in [0.15, 0.2) is 60.8 Å². The van der Waals surface area contributed by atoms with Crippen LogP contribution in [0.2, 0.25) is 0 Å². The summed E-state index contributed by atoms with van der Waals surface area (Å²) in [6, 6.07) is 15.2. The van der Waals surface area contributed by atoms with Crippen molar-refractivity contribution in [2.45, 2.75) is 25.5 Å². The number of anilines is 1. The molecule has 1 aliphatic heterocycles. The van der Waals surface area contributed by atoms with E-state index in [1.54, 1.807) is 64.5 Å². The lowest BCUT2D eigenvalue weighted by atomic mass is 10.1. The largest absolute Gasteiger partial charge is 0.497 e. The zero-order chi connectivity index (χ0) is 25.9. The van der Waals surface area contributed by atoms with Gasteiger partial charge in [-0.3, -0.25) is 14.6 Å². The first kappa shape index (κ1) is 24.8. The number of pyridine rings is 1. The van der Waals surface area contributed by atoms with E-state index in [-0.39, 0.29) is 18.2 Å². The Morgan fingerprint density at radius 1 is 1.17 bits per heavy atom. The molecule has 2 aromatic carbocycles. The van der Waals surface area contributed by atoms with Crippen LogP contribution in [0.25, 0.3) is 11.1 Å². The van der Waals surface area contributed by atoms with E-state index >= 15 is 0 Å². The van der Waals surface area contributed by atoms with Crippen molar-refractivity contribution < 1.29 is 24.2 Å². The second-order valence-corrected chi connectivity index (χ2v) is 8.88. The van der Waals surface area contributed by atoms with Crippen molar-refractivity contribution >= 4 is 17.5 Å². The van der Waals surface area contributed by atoms with Crippen LogP contribution in [0.4, 0.5) is 5.69 Å². The van der Waals surface area contributed by atoms with Crippen LogP contribution in [0.3, 0.4) is 0 Å². The predicted molar refractivity (Wildman–Crippen MR) is 136 cm³/mol. The van der Waals surface area contributed by atoms with E-state index in [4.69, 9.17) is 9.47 Å². The standard InChI is InChI=1S/C28H27N3O5/c1-28(2,34)13-11-18-5-10-25-24(15-18)31(3)27(33)23(17-36-25)30-26(32)22-16-20(12-14-29-22)19-6-8-21(35-4)9-7-19/h5-10,12,14-16,23,34H,17H2,1-4H3,(H,30,32). The van der Waals surface area contributed by atoms with Gasteiger partial charge in [0.05, 0.1) is 12.8 Å². The summed E-state index contributed by atoms with van der Waals surface area (Å²) in [5.41, 5.74) is 1.91. The maximum Gasteiger partial charge on any atom is 0.270 e. The predicted octanol–water partition coefficient (Wildman–Crippen LogP) is 3.03. The Hall–Kier alpha value is -4.35. The molecule has 8 heteroatoms. The van der Waals surface area contributed by atoms with Gasteiger partial charge >= 0.3 is 0 Å². The first-order valence-corrected chi connectivity index (χ1v) is 11.4. The third-order valence-electron chi connectivity index (χ3n) is 5.59. The van der Waals surface area contributed by atoms with E-state index < -0.39 is 17.6 Å². The van der Waals surface area contributed by atoms with E-state index in [9.17, 15) is 14.7 Å². The fourth-order valence-corrected chi connectivity index (χ4v) is 3.65. The number of likely N-dealkylation sites (N-methyl/N-ethyl adjacent to an activating group) is 1.